The van der Waals surface area contributed by atoms with E-state index in [0.29, 0.717) is 13.0 Å². The number of aryl methyl sites for hydroxylation is 1. The van der Waals surface area contributed by atoms with Crippen LogP contribution >= 0.6 is 0 Å². The summed E-state index contributed by atoms with van der Waals surface area (Å²) >= 11 is 0. The molecule has 0 spiro atoms. The van der Waals surface area contributed by atoms with E-state index in [4.69, 9.17) is 0 Å². The Morgan fingerprint density at radius 3 is 2.90 bits per heavy atom. The van der Waals surface area contributed by atoms with Crippen molar-refractivity contribution < 1.29 is 9.59 Å². The van der Waals surface area contributed by atoms with Crippen LogP contribution in [0.1, 0.15) is 41.3 Å². The van der Waals surface area contributed by atoms with Crippen LogP contribution in [0, 0.1) is 0 Å². The van der Waals surface area contributed by atoms with E-state index >= 15 is 0 Å². The van der Waals surface area contributed by atoms with Gasteiger partial charge in [0.2, 0.25) is 5.91 Å². The highest BCUT2D eigenvalue weighted by Crippen LogP contribution is 2.30. The van der Waals surface area contributed by atoms with Crippen molar-refractivity contribution in [2.24, 2.45) is 0 Å². The summed E-state index contributed by atoms with van der Waals surface area (Å²) in [6.45, 7) is 6.35. The van der Waals surface area contributed by atoms with Crippen molar-refractivity contribution in [3.63, 3.8) is 0 Å². The van der Waals surface area contributed by atoms with E-state index in [0.717, 1.165) is 35.2 Å². The van der Waals surface area contributed by atoms with Crippen LogP contribution in [0.25, 0.3) is 0 Å². The summed E-state index contributed by atoms with van der Waals surface area (Å²) in [6.07, 6.45) is 2.22. The molecule has 0 aliphatic carbocycles. The minimum Gasteiger partial charge on any atom is -0.329 e. The molecule has 1 aromatic rings. The van der Waals surface area contributed by atoms with Crippen LogP contribution < -0.4 is 5.32 Å². The number of allylic oxidation sites excluding steroid dienone is 1. The molecule has 2 aliphatic heterocycles. The Morgan fingerprint density at radius 1 is 1.40 bits per heavy atom. The molecule has 1 fully saturated rings. The molecule has 0 aromatic heterocycles. The lowest BCUT2D eigenvalue weighted by Gasteiger charge is -2.31. The Labute approximate surface area is 118 Å². The molecule has 1 atom stereocenters. The molecule has 1 unspecified atom stereocenters. The summed E-state index contributed by atoms with van der Waals surface area (Å²) in [5.74, 6) is -0.120. The van der Waals surface area contributed by atoms with Crippen LogP contribution in [0.2, 0.25) is 0 Å². The third kappa shape index (κ3) is 1.92. The second kappa shape index (κ2) is 4.78. The number of fused-ring (bicyclic) bond motifs is 1. The summed E-state index contributed by atoms with van der Waals surface area (Å²) in [4.78, 5) is 26.4. The number of carbonyl (C=O) groups is 2. The van der Waals surface area contributed by atoms with Gasteiger partial charge in [-0.3, -0.25) is 9.59 Å². The molecule has 4 heteroatoms. The maximum absolute atomic E-state index is 12.6. The first-order valence-electron chi connectivity index (χ1n) is 7.02. The smallest absolute Gasteiger partial charge is 0.255 e. The number of nitrogens with zero attached hydrogens (tertiary/aromatic N) is 1. The van der Waals surface area contributed by atoms with Crippen molar-refractivity contribution in [2.45, 2.75) is 38.8 Å². The van der Waals surface area contributed by atoms with Gasteiger partial charge in [0.15, 0.2) is 0 Å². The molecule has 20 heavy (non-hydrogen) atoms. The molecule has 3 rings (SSSR count). The van der Waals surface area contributed by atoms with Crippen LogP contribution in [0.5, 0.6) is 0 Å². The van der Waals surface area contributed by atoms with Gasteiger partial charge < -0.3 is 10.2 Å². The van der Waals surface area contributed by atoms with Crippen molar-refractivity contribution in [2.75, 3.05) is 0 Å². The SMILES string of the molecule is C=C1CCC(N2Cc3cccc(CC)c3C2=O)C(=O)N1. The van der Waals surface area contributed by atoms with Gasteiger partial charge in [-0.25, -0.2) is 0 Å². The Morgan fingerprint density at radius 2 is 2.20 bits per heavy atom. The summed E-state index contributed by atoms with van der Waals surface area (Å²) in [7, 11) is 0. The number of amides is 2. The van der Waals surface area contributed by atoms with Crippen molar-refractivity contribution in [3.8, 4) is 0 Å². The van der Waals surface area contributed by atoms with Gasteiger partial charge >= 0.3 is 0 Å². The average Bonchev–Trinajstić information content (AvgIpc) is 2.76. The normalized spacial score (nSPS) is 21.9. The van der Waals surface area contributed by atoms with Crippen LogP contribution in [0.4, 0.5) is 0 Å². The molecule has 2 aliphatic rings. The Kier molecular flexibility index (Phi) is 3.08. The van der Waals surface area contributed by atoms with E-state index in [2.05, 4.69) is 11.9 Å². The zero-order valence-corrected chi connectivity index (χ0v) is 11.6. The summed E-state index contributed by atoms with van der Waals surface area (Å²) in [6, 6.07) is 5.58. The average molecular weight is 270 g/mol. The highest BCUT2D eigenvalue weighted by atomic mass is 16.2. The highest BCUT2D eigenvalue weighted by molar-refractivity contribution is 6.02. The topological polar surface area (TPSA) is 49.4 Å². The van der Waals surface area contributed by atoms with Gasteiger partial charge in [-0.2, -0.15) is 0 Å². The highest BCUT2D eigenvalue weighted by Gasteiger charge is 2.38. The molecule has 2 amide bonds. The fourth-order valence-electron chi connectivity index (χ4n) is 3.06. The quantitative estimate of drug-likeness (QED) is 0.893. The molecule has 0 bridgehead atoms. The largest absolute Gasteiger partial charge is 0.329 e. The third-order valence-electron chi connectivity index (χ3n) is 4.13. The van der Waals surface area contributed by atoms with Gasteiger partial charge in [-0.05, 0) is 30.4 Å². The van der Waals surface area contributed by atoms with Gasteiger partial charge in [0.05, 0.1) is 0 Å². The number of rotatable bonds is 2. The molecular weight excluding hydrogens is 252 g/mol. The molecule has 104 valence electrons. The lowest BCUT2D eigenvalue weighted by Crippen LogP contribution is -2.49. The number of nitrogens with one attached hydrogen (secondary N) is 1. The second-order valence-electron chi connectivity index (χ2n) is 5.39. The minimum absolute atomic E-state index is 0.00916. The van der Waals surface area contributed by atoms with E-state index in [1.807, 2.05) is 25.1 Å². The standard InChI is InChI=1S/C16H18N2O2/c1-3-11-5-4-6-12-9-18(16(20)14(11)12)13-8-7-10(2)17-15(13)19/h4-6,13H,2-3,7-9H2,1H3,(H,17,19). The molecular formula is C16H18N2O2. The van der Waals surface area contributed by atoms with E-state index in [9.17, 15) is 9.59 Å². The number of hydrogen-bond acceptors (Lipinski definition) is 2. The van der Waals surface area contributed by atoms with E-state index in [1.165, 1.54) is 0 Å². The second-order valence-corrected chi connectivity index (χ2v) is 5.39. The maximum Gasteiger partial charge on any atom is 0.255 e. The zero-order valence-electron chi connectivity index (χ0n) is 11.6. The predicted molar refractivity (Wildman–Crippen MR) is 76.0 cm³/mol. The molecule has 2 heterocycles. The first kappa shape index (κ1) is 12.9. The fraction of sp³-hybridized carbons (Fsp3) is 0.375. The van der Waals surface area contributed by atoms with Crippen molar-refractivity contribution in [3.05, 3.63) is 47.2 Å². The van der Waals surface area contributed by atoms with Crippen LogP contribution in [0.3, 0.4) is 0 Å². The van der Waals surface area contributed by atoms with Crippen molar-refractivity contribution in [1.82, 2.24) is 10.2 Å². The lowest BCUT2D eigenvalue weighted by atomic mass is 10.0. The Balaban J connectivity index is 1.90. The number of carbonyl (C=O) groups excluding carboxylic acids is 2. The third-order valence-corrected chi connectivity index (χ3v) is 4.13. The molecule has 0 radical (unpaired) electrons. The van der Waals surface area contributed by atoms with Gasteiger partial charge in [-0.1, -0.05) is 31.7 Å². The zero-order chi connectivity index (χ0) is 14.3. The summed E-state index contributed by atoms with van der Waals surface area (Å²) in [5, 5.41) is 2.75. The van der Waals surface area contributed by atoms with Crippen LogP contribution in [0.15, 0.2) is 30.5 Å². The first-order valence-corrected chi connectivity index (χ1v) is 7.02. The van der Waals surface area contributed by atoms with E-state index in [-0.39, 0.29) is 17.9 Å². The van der Waals surface area contributed by atoms with Crippen molar-refractivity contribution in [1.29, 1.82) is 0 Å². The number of benzene rings is 1. The molecule has 1 saturated heterocycles. The molecule has 0 saturated carbocycles. The molecule has 1 N–H and O–H groups in total. The first-order chi connectivity index (χ1) is 9.61. The summed E-state index contributed by atoms with van der Waals surface area (Å²) in [5.41, 5.74) is 3.64. The fourth-order valence-corrected chi connectivity index (χ4v) is 3.06. The maximum atomic E-state index is 12.6. The molecule has 1 aromatic carbocycles. The Hall–Kier alpha value is -2.10. The minimum atomic E-state index is -0.370. The molecule has 4 nitrogen and oxygen atoms in total. The van der Waals surface area contributed by atoms with Crippen LogP contribution in [-0.2, 0) is 17.8 Å². The van der Waals surface area contributed by atoms with Gasteiger partial charge in [0.25, 0.3) is 5.91 Å². The monoisotopic (exact) mass is 270 g/mol. The summed E-state index contributed by atoms with van der Waals surface area (Å²) < 4.78 is 0. The lowest BCUT2D eigenvalue weighted by molar-refractivity contribution is -0.126. The van der Waals surface area contributed by atoms with Gasteiger partial charge in [0, 0.05) is 17.8 Å². The van der Waals surface area contributed by atoms with Gasteiger partial charge in [-0.15, -0.1) is 0 Å². The number of hydrogen-bond donors (Lipinski definition) is 1. The van der Waals surface area contributed by atoms with Crippen LogP contribution in [-0.4, -0.2) is 22.8 Å². The van der Waals surface area contributed by atoms with E-state index < -0.39 is 0 Å². The Bertz CT molecular complexity index is 606. The number of piperidine rings is 1. The predicted octanol–water partition coefficient (Wildman–Crippen LogP) is 2.00. The van der Waals surface area contributed by atoms with E-state index in [1.54, 1.807) is 4.90 Å². The van der Waals surface area contributed by atoms with Crippen molar-refractivity contribution >= 4 is 11.8 Å². The van der Waals surface area contributed by atoms with Gasteiger partial charge in [0.1, 0.15) is 6.04 Å².